The summed E-state index contributed by atoms with van der Waals surface area (Å²) >= 11 is 0. The summed E-state index contributed by atoms with van der Waals surface area (Å²) in [6.07, 6.45) is 5.51. The molecule has 8 aromatic rings. The van der Waals surface area contributed by atoms with Gasteiger partial charge in [0.1, 0.15) is 0 Å². The lowest BCUT2D eigenvalue weighted by Crippen LogP contribution is -2.26. The molecule has 0 radical (unpaired) electrons. The fourth-order valence-corrected chi connectivity index (χ4v) is 11.9. The summed E-state index contributed by atoms with van der Waals surface area (Å²) in [5.74, 6) is 2.58. The van der Waals surface area contributed by atoms with Crippen LogP contribution in [0, 0.1) is 23.7 Å². The average molecular weight is 1370 g/mol. The molecule has 0 spiro atoms. The van der Waals surface area contributed by atoms with Gasteiger partial charge in [-0.3, -0.25) is 0 Å². The molecule has 0 unspecified atom stereocenters. The van der Waals surface area contributed by atoms with Gasteiger partial charge in [0.2, 0.25) is 23.0 Å². The van der Waals surface area contributed by atoms with E-state index in [1.54, 1.807) is 48.5 Å². The van der Waals surface area contributed by atoms with E-state index in [1.165, 1.54) is 96.4 Å². The highest BCUT2D eigenvalue weighted by atomic mass is 16.6. The Morgan fingerprint density at radius 2 is 0.460 bits per heavy atom. The molecule has 0 saturated heterocycles. The van der Waals surface area contributed by atoms with Crippen molar-refractivity contribution in [2.45, 2.75) is 51.4 Å². The number of carbonyl (C=O) groups excluding carboxylic acids is 4. The van der Waals surface area contributed by atoms with Crippen molar-refractivity contribution >= 4 is 23.9 Å². The van der Waals surface area contributed by atoms with Gasteiger partial charge in [-0.1, -0.05) is 121 Å². The van der Waals surface area contributed by atoms with Crippen molar-refractivity contribution in [2.75, 3.05) is 112 Å². The first kappa shape index (κ1) is 76.6. The van der Waals surface area contributed by atoms with Gasteiger partial charge in [0, 0.05) is 11.8 Å². The molecule has 532 valence electrons. The standard InChI is InChI=1S/2C40H46O10/c2*1-43-33-22-30(23-34(44-2)37(33)47-5)39(41)49-19-13-18-29(20-27-14-9-7-10-15-27)32(21-28-16-11-8-12-17-28)26-50-40(42)31-24-35(45-3)38(48-6)36(25-31)46-4/h2*7-12,14-17,22-25,29,32H,13,18-21,26H2,1-6H3/t2*29-,32+/m10/s1. The topological polar surface area (TPSA) is 216 Å². The summed E-state index contributed by atoms with van der Waals surface area (Å²) < 4.78 is 88.4. The SMILES string of the molecule is COc1cc(C(=O)OCCC[C@@H](Cc2ccccc2)[C@@H](COC(=O)c2cc(OC)c(OC)c(OC)c2)Cc2ccccc2)cc(OC)c1OC.COc1cc(C(=O)OCCC[C@H](Cc2ccccc2)[C@H](COC(=O)c2cc(OC)c(OC)c(OC)c2)Cc2ccccc2)cc(OC)c1OC. The number of benzene rings is 8. The highest BCUT2D eigenvalue weighted by molar-refractivity contribution is 5.93. The van der Waals surface area contributed by atoms with Crippen LogP contribution in [0.2, 0.25) is 0 Å². The van der Waals surface area contributed by atoms with Gasteiger partial charge in [-0.15, -0.1) is 0 Å². The van der Waals surface area contributed by atoms with Crippen LogP contribution in [0.25, 0.3) is 0 Å². The molecule has 100 heavy (non-hydrogen) atoms. The molecule has 0 aliphatic rings. The van der Waals surface area contributed by atoms with Gasteiger partial charge in [-0.25, -0.2) is 19.2 Å². The minimum absolute atomic E-state index is 0.0468. The number of hydrogen-bond donors (Lipinski definition) is 0. The summed E-state index contributed by atoms with van der Waals surface area (Å²) in [7, 11) is 18.0. The molecule has 8 aromatic carbocycles. The Morgan fingerprint density at radius 1 is 0.260 bits per heavy atom. The fraction of sp³-hybridized carbons (Fsp3) is 0.350. The second kappa shape index (κ2) is 40.2. The predicted molar refractivity (Wildman–Crippen MR) is 379 cm³/mol. The Hall–Kier alpha value is -10.8. The van der Waals surface area contributed by atoms with Crippen molar-refractivity contribution < 1.29 is 95.0 Å². The van der Waals surface area contributed by atoms with Gasteiger partial charge in [-0.05, 0) is 134 Å². The number of esters is 4. The highest BCUT2D eigenvalue weighted by Crippen LogP contribution is 2.42. The lowest BCUT2D eigenvalue weighted by Gasteiger charge is -2.28. The van der Waals surface area contributed by atoms with Crippen molar-refractivity contribution in [3.8, 4) is 69.0 Å². The van der Waals surface area contributed by atoms with Crippen LogP contribution in [0.3, 0.4) is 0 Å². The molecule has 0 aromatic heterocycles. The maximum Gasteiger partial charge on any atom is 0.338 e. The number of rotatable bonds is 38. The molecule has 8 rings (SSSR count). The first-order valence-electron chi connectivity index (χ1n) is 32.7. The molecule has 0 saturated carbocycles. The van der Waals surface area contributed by atoms with Gasteiger partial charge in [0.05, 0.1) is 134 Å². The van der Waals surface area contributed by atoms with Gasteiger partial charge in [-0.2, -0.15) is 0 Å². The number of methoxy groups -OCH3 is 12. The number of hydrogen-bond acceptors (Lipinski definition) is 20. The third kappa shape index (κ3) is 21.6. The average Bonchev–Trinajstić information content (AvgIpc) is 0.839. The highest BCUT2D eigenvalue weighted by Gasteiger charge is 2.29. The van der Waals surface area contributed by atoms with Gasteiger partial charge in [0.15, 0.2) is 46.0 Å². The van der Waals surface area contributed by atoms with Gasteiger partial charge < -0.3 is 75.8 Å². The van der Waals surface area contributed by atoms with Crippen molar-refractivity contribution in [1.82, 2.24) is 0 Å². The first-order valence-corrected chi connectivity index (χ1v) is 32.7. The number of ether oxygens (including phenoxy) is 16. The van der Waals surface area contributed by atoms with Crippen LogP contribution >= 0.6 is 0 Å². The molecule has 0 aliphatic carbocycles. The number of carbonyl (C=O) groups is 4. The van der Waals surface area contributed by atoms with Crippen LogP contribution in [0.5, 0.6) is 69.0 Å². The van der Waals surface area contributed by atoms with Crippen molar-refractivity contribution in [3.63, 3.8) is 0 Å². The van der Waals surface area contributed by atoms with E-state index in [9.17, 15) is 19.2 Å². The minimum atomic E-state index is -0.500. The Balaban J connectivity index is 0.000000281. The van der Waals surface area contributed by atoms with Crippen molar-refractivity contribution in [3.05, 3.63) is 214 Å². The lowest BCUT2D eigenvalue weighted by atomic mass is 9.80. The lowest BCUT2D eigenvalue weighted by molar-refractivity contribution is 0.0358. The van der Waals surface area contributed by atoms with E-state index < -0.39 is 23.9 Å². The van der Waals surface area contributed by atoms with Crippen LogP contribution < -0.4 is 56.8 Å². The molecule has 4 atom stereocenters. The van der Waals surface area contributed by atoms with E-state index in [0.717, 1.165) is 36.8 Å². The summed E-state index contributed by atoms with van der Waals surface area (Å²) in [4.78, 5) is 53.1. The summed E-state index contributed by atoms with van der Waals surface area (Å²) in [5.41, 5.74) is 5.76. The predicted octanol–water partition coefficient (Wildman–Crippen LogP) is 14.5. The molecule has 0 amide bonds. The molecule has 0 N–H and O–H groups in total. The molecule has 0 heterocycles. The smallest absolute Gasteiger partial charge is 0.338 e. The largest absolute Gasteiger partial charge is 0.493 e. The van der Waals surface area contributed by atoms with Crippen molar-refractivity contribution in [1.29, 1.82) is 0 Å². The van der Waals surface area contributed by atoms with E-state index in [1.807, 2.05) is 72.8 Å². The van der Waals surface area contributed by atoms with E-state index in [-0.39, 0.29) is 61.2 Å². The Morgan fingerprint density at radius 3 is 0.660 bits per heavy atom. The van der Waals surface area contributed by atoms with Crippen LogP contribution in [-0.2, 0) is 44.6 Å². The Labute approximate surface area is 586 Å². The second-order valence-corrected chi connectivity index (χ2v) is 23.2. The third-order valence-electron chi connectivity index (χ3n) is 17.1. The molecule has 20 nitrogen and oxygen atoms in total. The van der Waals surface area contributed by atoms with Crippen LogP contribution in [-0.4, -0.2) is 136 Å². The Kier molecular flexibility index (Phi) is 30.8. The second-order valence-electron chi connectivity index (χ2n) is 23.2. The Bertz CT molecular complexity index is 3500. The maximum absolute atomic E-state index is 13.5. The zero-order valence-corrected chi connectivity index (χ0v) is 59.1. The van der Waals surface area contributed by atoms with Crippen LogP contribution in [0.1, 0.15) is 89.4 Å². The van der Waals surface area contributed by atoms with E-state index >= 15 is 0 Å². The summed E-state index contributed by atoms with van der Waals surface area (Å²) in [5, 5.41) is 0. The van der Waals surface area contributed by atoms with Gasteiger partial charge >= 0.3 is 23.9 Å². The zero-order valence-electron chi connectivity index (χ0n) is 59.1. The third-order valence-corrected chi connectivity index (χ3v) is 17.1. The maximum atomic E-state index is 13.5. The molecule has 0 bridgehead atoms. The van der Waals surface area contributed by atoms with Crippen LogP contribution in [0.15, 0.2) is 170 Å². The molecular formula is C80H92O20. The van der Waals surface area contributed by atoms with Crippen LogP contribution in [0.4, 0.5) is 0 Å². The van der Waals surface area contributed by atoms with E-state index in [2.05, 4.69) is 48.5 Å². The monoisotopic (exact) mass is 1370 g/mol. The first-order chi connectivity index (χ1) is 48.7. The zero-order chi connectivity index (χ0) is 71.8. The minimum Gasteiger partial charge on any atom is -0.493 e. The van der Waals surface area contributed by atoms with E-state index in [4.69, 9.17) is 75.8 Å². The van der Waals surface area contributed by atoms with E-state index in [0.29, 0.717) is 106 Å². The van der Waals surface area contributed by atoms with Crippen molar-refractivity contribution in [2.24, 2.45) is 23.7 Å². The normalized spacial score (nSPS) is 11.9. The molecule has 0 fully saturated rings. The molecule has 20 heteroatoms. The summed E-state index contributed by atoms with van der Waals surface area (Å²) in [6, 6.07) is 53.3. The molecule has 0 aliphatic heterocycles. The van der Waals surface area contributed by atoms with Gasteiger partial charge in [0.25, 0.3) is 0 Å². The summed E-state index contributed by atoms with van der Waals surface area (Å²) in [6.45, 7) is 0.744. The quantitative estimate of drug-likeness (QED) is 0.0200. The fourth-order valence-electron chi connectivity index (χ4n) is 11.9. The molecular weight excluding hydrogens is 1280 g/mol.